The third kappa shape index (κ3) is 4.01. The fraction of sp³-hybridized carbons (Fsp3) is 0. The van der Waals surface area contributed by atoms with Gasteiger partial charge < -0.3 is 4.42 Å². The Morgan fingerprint density at radius 3 is 2.59 bits per heavy atom. The summed E-state index contributed by atoms with van der Waals surface area (Å²) >= 11 is 17.4. The van der Waals surface area contributed by atoms with Gasteiger partial charge in [0.05, 0.1) is 20.7 Å². The first-order chi connectivity index (χ1) is 15.3. The van der Waals surface area contributed by atoms with Crippen molar-refractivity contribution in [1.29, 1.82) is 0 Å². The first-order valence-corrected chi connectivity index (χ1v) is 10.1. The minimum absolute atomic E-state index is 0.0943. The van der Waals surface area contributed by atoms with Crippen molar-refractivity contribution in [1.82, 2.24) is 5.32 Å². The van der Waals surface area contributed by atoms with Crippen LogP contribution in [-0.2, 0) is 9.59 Å². The predicted octanol–water partition coefficient (Wildman–Crippen LogP) is 4.99. The molecule has 2 heterocycles. The van der Waals surface area contributed by atoms with Crippen molar-refractivity contribution in [3.8, 4) is 11.3 Å². The summed E-state index contributed by atoms with van der Waals surface area (Å²) in [6, 6.07) is 13.7. The second-order valence-electron chi connectivity index (χ2n) is 6.54. The van der Waals surface area contributed by atoms with E-state index in [-0.39, 0.29) is 37.9 Å². The molecule has 1 aromatic heterocycles. The largest absolute Gasteiger partial charge is 0.457 e. The van der Waals surface area contributed by atoms with Crippen molar-refractivity contribution >= 4 is 69.8 Å². The Bertz CT molecular complexity index is 1330. The molecule has 0 spiro atoms. The van der Waals surface area contributed by atoms with Crippen molar-refractivity contribution in [3.63, 3.8) is 0 Å². The summed E-state index contributed by atoms with van der Waals surface area (Å²) in [5.74, 6) is -0.900. The molecule has 11 heteroatoms. The number of hydrogen-bond donors (Lipinski definition) is 1. The second kappa shape index (κ2) is 8.54. The van der Waals surface area contributed by atoms with Gasteiger partial charge in [0, 0.05) is 17.7 Å². The van der Waals surface area contributed by atoms with Gasteiger partial charge in [-0.05, 0) is 42.6 Å². The molecule has 2 aromatic carbocycles. The normalized spacial score (nSPS) is 15.2. The molecule has 0 saturated carbocycles. The number of furan rings is 1. The van der Waals surface area contributed by atoms with Gasteiger partial charge in [0.1, 0.15) is 17.1 Å². The quantitative estimate of drug-likeness (QED) is 0.182. The third-order valence-corrected chi connectivity index (χ3v) is 5.62. The van der Waals surface area contributed by atoms with Gasteiger partial charge in [0.15, 0.2) is 5.11 Å². The van der Waals surface area contributed by atoms with Crippen LogP contribution in [0.2, 0.25) is 10.0 Å². The van der Waals surface area contributed by atoms with Crippen LogP contribution in [0, 0.1) is 10.1 Å². The zero-order valence-corrected chi connectivity index (χ0v) is 18.2. The van der Waals surface area contributed by atoms with Crippen molar-refractivity contribution in [2.24, 2.45) is 0 Å². The number of nitro benzene ring substituents is 1. The fourth-order valence-corrected chi connectivity index (χ4v) is 3.70. The highest BCUT2D eigenvalue weighted by Crippen LogP contribution is 2.34. The highest BCUT2D eigenvalue weighted by Gasteiger charge is 2.36. The number of carbonyl (C=O) groups excluding carboxylic acids is 2. The molecule has 1 N–H and O–H groups in total. The Hall–Kier alpha value is -3.53. The van der Waals surface area contributed by atoms with E-state index in [1.54, 1.807) is 30.3 Å². The minimum Gasteiger partial charge on any atom is -0.457 e. The lowest BCUT2D eigenvalue weighted by atomic mass is 10.1. The van der Waals surface area contributed by atoms with Crippen LogP contribution >= 0.6 is 35.4 Å². The van der Waals surface area contributed by atoms with E-state index in [9.17, 15) is 19.7 Å². The van der Waals surface area contributed by atoms with E-state index in [2.05, 4.69) is 5.32 Å². The van der Waals surface area contributed by atoms with Crippen molar-refractivity contribution < 1.29 is 18.9 Å². The van der Waals surface area contributed by atoms with Crippen LogP contribution in [0.4, 0.5) is 11.4 Å². The van der Waals surface area contributed by atoms with Crippen molar-refractivity contribution in [2.75, 3.05) is 4.90 Å². The van der Waals surface area contributed by atoms with Gasteiger partial charge in [0.25, 0.3) is 17.5 Å². The minimum atomic E-state index is -0.712. The lowest BCUT2D eigenvalue weighted by Crippen LogP contribution is -2.54. The van der Waals surface area contributed by atoms with Gasteiger partial charge in [-0.25, -0.2) is 0 Å². The average Bonchev–Trinajstić information content (AvgIpc) is 3.23. The summed E-state index contributed by atoms with van der Waals surface area (Å²) in [6.45, 7) is 0. The molecule has 4 rings (SSSR count). The van der Waals surface area contributed by atoms with Gasteiger partial charge in [-0.3, -0.25) is 29.9 Å². The van der Waals surface area contributed by atoms with Crippen LogP contribution in [0.1, 0.15) is 5.76 Å². The molecule has 0 aliphatic carbocycles. The van der Waals surface area contributed by atoms with Crippen LogP contribution in [0.5, 0.6) is 0 Å². The summed E-state index contributed by atoms with van der Waals surface area (Å²) in [5, 5.41) is 13.6. The van der Waals surface area contributed by atoms with Gasteiger partial charge in [0.2, 0.25) is 0 Å². The highest BCUT2D eigenvalue weighted by molar-refractivity contribution is 7.80. The van der Waals surface area contributed by atoms with Crippen LogP contribution < -0.4 is 10.2 Å². The number of hydrogen-bond acceptors (Lipinski definition) is 6. The Labute approximate surface area is 196 Å². The number of rotatable bonds is 4. The van der Waals surface area contributed by atoms with E-state index in [0.29, 0.717) is 11.3 Å². The van der Waals surface area contributed by atoms with Crippen LogP contribution in [0.25, 0.3) is 17.4 Å². The smallest absolute Gasteiger partial charge is 0.270 e. The average molecular weight is 488 g/mol. The molecule has 0 radical (unpaired) electrons. The lowest BCUT2D eigenvalue weighted by Gasteiger charge is -2.29. The molecule has 160 valence electrons. The molecule has 0 atom stereocenters. The Kier molecular flexibility index (Phi) is 5.79. The van der Waals surface area contributed by atoms with Crippen LogP contribution in [-0.4, -0.2) is 21.9 Å². The standard InChI is InChI=1S/C21H11Cl2N3O5S/c22-15-5-2-6-16(18(15)23)25-20(28)14(19(27)24-21(25)32)10-13-7-8-17(31-13)11-3-1-4-12(9-11)26(29)30/h1-10H,(H,24,27,32). The molecular formula is C21H11Cl2N3O5S. The second-order valence-corrected chi connectivity index (χ2v) is 7.71. The fourth-order valence-electron chi connectivity index (χ4n) is 3.04. The van der Waals surface area contributed by atoms with E-state index in [4.69, 9.17) is 39.8 Å². The number of anilines is 1. The van der Waals surface area contributed by atoms with Gasteiger partial charge in [-0.2, -0.15) is 0 Å². The number of benzene rings is 2. The third-order valence-electron chi connectivity index (χ3n) is 4.53. The summed E-state index contributed by atoms with van der Waals surface area (Å²) in [4.78, 5) is 37.1. The molecule has 0 bridgehead atoms. The van der Waals surface area contributed by atoms with Crippen LogP contribution in [0.3, 0.4) is 0 Å². The molecule has 32 heavy (non-hydrogen) atoms. The molecule has 1 aliphatic rings. The summed E-state index contributed by atoms with van der Waals surface area (Å²) in [7, 11) is 0. The molecule has 2 amide bonds. The molecular weight excluding hydrogens is 477 g/mol. The molecule has 8 nitrogen and oxygen atoms in total. The number of nitro groups is 1. The van der Waals surface area contributed by atoms with Gasteiger partial charge >= 0.3 is 0 Å². The number of carbonyl (C=O) groups is 2. The maximum Gasteiger partial charge on any atom is 0.270 e. The number of non-ortho nitro benzene ring substituents is 1. The van der Waals surface area contributed by atoms with E-state index >= 15 is 0 Å². The van der Waals surface area contributed by atoms with E-state index in [0.717, 1.165) is 4.90 Å². The van der Waals surface area contributed by atoms with Gasteiger partial charge in [-0.1, -0.05) is 41.4 Å². The van der Waals surface area contributed by atoms with Gasteiger partial charge in [-0.15, -0.1) is 0 Å². The number of nitrogens with one attached hydrogen (secondary N) is 1. The number of halogens is 2. The Morgan fingerprint density at radius 1 is 1.09 bits per heavy atom. The monoisotopic (exact) mass is 487 g/mol. The topological polar surface area (TPSA) is 106 Å². The van der Waals surface area contributed by atoms with Crippen molar-refractivity contribution in [2.45, 2.75) is 0 Å². The lowest BCUT2D eigenvalue weighted by molar-refractivity contribution is -0.384. The Balaban J connectivity index is 1.69. The number of nitrogens with zero attached hydrogens (tertiary/aromatic N) is 2. The molecule has 1 fully saturated rings. The highest BCUT2D eigenvalue weighted by atomic mass is 35.5. The zero-order chi connectivity index (χ0) is 23.0. The summed E-state index contributed by atoms with van der Waals surface area (Å²) in [5.41, 5.74) is 0.353. The SMILES string of the molecule is O=C1NC(=S)N(c2cccc(Cl)c2Cl)C(=O)C1=Cc1ccc(-c2cccc([N+](=O)[O-])c2)o1. The maximum absolute atomic E-state index is 13.1. The van der Waals surface area contributed by atoms with E-state index < -0.39 is 16.7 Å². The van der Waals surface area contributed by atoms with Crippen LogP contribution in [0.15, 0.2) is 64.6 Å². The predicted molar refractivity (Wildman–Crippen MR) is 123 cm³/mol. The van der Waals surface area contributed by atoms with Crippen molar-refractivity contribution in [3.05, 3.63) is 86.1 Å². The Morgan fingerprint density at radius 2 is 1.84 bits per heavy atom. The molecule has 0 unspecified atom stereocenters. The zero-order valence-electron chi connectivity index (χ0n) is 15.9. The van der Waals surface area contributed by atoms with E-state index in [1.165, 1.54) is 30.3 Å². The number of amides is 2. The van der Waals surface area contributed by atoms with E-state index in [1.807, 2.05) is 0 Å². The number of thiocarbonyl (C=S) groups is 1. The first kappa shape index (κ1) is 21.7. The summed E-state index contributed by atoms with van der Waals surface area (Å²) < 4.78 is 5.68. The molecule has 1 saturated heterocycles. The molecule has 1 aliphatic heterocycles. The maximum atomic E-state index is 13.1. The molecule has 3 aromatic rings. The summed E-state index contributed by atoms with van der Waals surface area (Å²) in [6.07, 6.45) is 1.26. The first-order valence-electron chi connectivity index (χ1n) is 8.96.